The quantitative estimate of drug-likeness (QED) is 0.773. The Labute approximate surface area is 121 Å². The molecule has 0 saturated carbocycles. The maximum absolute atomic E-state index is 11.7. The molecule has 0 atom stereocenters. The standard InChI is InChI=1S/C17H24N2O/c1-14(2)6-4-7-15(3)9-11-19-17(20)12-16-8-5-10-18-13-16/h5-6,8-10,13H,4,7,11-12H2,1-3H3,(H,19,20). The Morgan fingerprint density at radius 2 is 2.10 bits per heavy atom. The van der Waals surface area contributed by atoms with E-state index in [1.165, 1.54) is 11.1 Å². The van der Waals surface area contributed by atoms with Gasteiger partial charge in [-0.1, -0.05) is 29.4 Å². The first-order valence-corrected chi connectivity index (χ1v) is 7.02. The molecule has 0 aliphatic heterocycles. The Hall–Kier alpha value is -1.90. The van der Waals surface area contributed by atoms with Gasteiger partial charge in [-0.2, -0.15) is 0 Å². The Balaban J connectivity index is 2.25. The number of nitrogens with one attached hydrogen (secondary N) is 1. The van der Waals surface area contributed by atoms with Crippen LogP contribution in [-0.4, -0.2) is 17.4 Å². The lowest BCUT2D eigenvalue weighted by Crippen LogP contribution is -2.25. The molecule has 3 nitrogen and oxygen atoms in total. The summed E-state index contributed by atoms with van der Waals surface area (Å²) in [6.07, 6.45) is 10.2. The van der Waals surface area contributed by atoms with E-state index < -0.39 is 0 Å². The van der Waals surface area contributed by atoms with Crippen molar-refractivity contribution in [1.82, 2.24) is 10.3 Å². The highest BCUT2D eigenvalue weighted by atomic mass is 16.1. The summed E-state index contributed by atoms with van der Waals surface area (Å²) in [5.41, 5.74) is 3.60. The molecule has 1 amide bonds. The van der Waals surface area contributed by atoms with Gasteiger partial charge in [-0.3, -0.25) is 9.78 Å². The first-order chi connectivity index (χ1) is 9.58. The van der Waals surface area contributed by atoms with Crippen LogP contribution in [0.4, 0.5) is 0 Å². The summed E-state index contributed by atoms with van der Waals surface area (Å²) >= 11 is 0. The van der Waals surface area contributed by atoms with E-state index in [0.29, 0.717) is 13.0 Å². The molecule has 0 saturated heterocycles. The Kier molecular flexibility index (Phi) is 7.33. The fourth-order valence-electron chi connectivity index (χ4n) is 1.78. The molecule has 108 valence electrons. The second-order valence-electron chi connectivity index (χ2n) is 5.21. The number of allylic oxidation sites excluding steroid dienone is 3. The summed E-state index contributed by atoms with van der Waals surface area (Å²) in [6.45, 7) is 6.92. The average molecular weight is 272 g/mol. The first kappa shape index (κ1) is 16.2. The molecule has 20 heavy (non-hydrogen) atoms. The minimum atomic E-state index is 0.0337. The summed E-state index contributed by atoms with van der Waals surface area (Å²) in [6, 6.07) is 3.75. The minimum absolute atomic E-state index is 0.0337. The van der Waals surface area contributed by atoms with E-state index >= 15 is 0 Å². The van der Waals surface area contributed by atoms with Gasteiger partial charge in [0.05, 0.1) is 6.42 Å². The normalized spacial score (nSPS) is 11.1. The van der Waals surface area contributed by atoms with Crippen LogP contribution in [0.2, 0.25) is 0 Å². The minimum Gasteiger partial charge on any atom is -0.352 e. The number of nitrogens with zero attached hydrogens (tertiary/aromatic N) is 1. The first-order valence-electron chi connectivity index (χ1n) is 7.02. The van der Waals surface area contributed by atoms with E-state index in [0.717, 1.165) is 18.4 Å². The highest BCUT2D eigenvalue weighted by Crippen LogP contribution is 2.05. The largest absolute Gasteiger partial charge is 0.352 e. The Bertz CT molecular complexity index is 471. The van der Waals surface area contributed by atoms with Crippen molar-refractivity contribution in [3.63, 3.8) is 0 Å². The van der Waals surface area contributed by atoms with Crippen molar-refractivity contribution >= 4 is 5.91 Å². The molecular formula is C17H24N2O. The molecule has 1 N–H and O–H groups in total. The van der Waals surface area contributed by atoms with Gasteiger partial charge in [-0.15, -0.1) is 0 Å². The third-order valence-electron chi connectivity index (χ3n) is 2.93. The van der Waals surface area contributed by atoms with Crippen LogP contribution in [0.15, 0.2) is 47.8 Å². The van der Waals surface area contributed by atoms with E-state index in [-0.39, 0.29) is 5.91 Å². The molecular weight excluding hydrogens is 248 g/mol. The molecule has 1 aromatic rings. The van der Waals surface area contributed by atoms with Crippen LogP contribution >= 0.6 is 0 Å². The second-order valence-corrected chi connectivity index (χ2v) is 5.21. The summed E-state index contributed by atoms with van der Waals surface area (Å²) in [4.78, 5) is 15.7. The number of hydrogen-bond donors (Lipinski definition) is 1. The highest BCUT2D eigenvalue weighted by molar-refractivity contribution is 5.78. The zero-order valence-corrected chi connectivity index (χ0v) is 12.6. The number of pyridine rings is 1. The molecule has 0 radical (unpaired) electrons. The molecule has 0 unspecified atom stereocenters. The van der Waals surface area contributed by atoms with Crippen molar-refractivity contribution in [3.05, 3.63) is 53.4 Å². The van der Waals surface area contributed by atoms with Gasteiger partial charge in [0.2, 0.25) is 5.91 Å². The zero-order valence-electron chi connectivity index (χ0n) is 12.6. The summed E-state index contributed by atoms with van der Waals surface area (Å²) in [5.74, 6) is 0.0337. The van der Waals surface area contributed by atoms with Crippen molar-refractivity contribution in [2.24, 2.45) is 0 Å². The third kappa shape index (κ3) is 7.52. The summed E-state index contributed by atoms with van der Waals surface area (Å²) < 4.78 is 0. The molecule has 3 heteroatoms. The van der Waals surface area contributed by atoms with Crippen LogP contribution in [0.25, 0.3) is 0 Å². The van der Waals surface area contributed by atoms with Crippen molar-refractivity contribution in [3.8, 4) is 0 Å². The zero-order chi connectivity index (χ0) is 14.8. The highest BCUT2D eigenvalue weighted by Gasteiger charge is 2.01. The van der Waals surface area contributed by atoms with Gasteiger partial charge in [-0.25, -0.2) is 0 Å². The lowest BCUT2D eigenvalue weighted by atomic mass is 10.1. The van der Waals surface area contributed by atoms with Gasteiger partial charge >= 0.3 is 0 Å². The number of amides is 1. The second kappa shape index (κ2) is 9.08. The monoisotopic (exact) mass is 272 g/mol. The number of carbonyl (C=O) groups is 1. The number of hydrogen-bond acceptors (Lipinski definition) is 2. The van der Waals surface area contributed by atoms with E-state index in [2.05, 4.69) is 43.2 Å². The molecule has 0 spiro atoms. The number of aromatic nitrogens is 1. The van der Waals surface area contributed by atoms with Crippen LogP contribution in [-0.2, 0) is 11.2 Å². The average Bonchev–Trinajstić information content (AvgIpc) is 2.39. The van der Waals surface area contributed by atoms with Crippen molar-refractivity contribution in [2.45, 2.75) is 40.0 Å². The van der Waals surface area contributed by atoms with Crippen molar-refractivity contribution < 1.29 is 4.79 Å². The fraction of sp³-hybridized carbons (Fsp3) is 0.412. The van der Waals surface area contributed by atoms with Gasteiger partial charge in [0, 0.05) is 18.9 Å². The van der Waals surface area contributed by atoms with Crippen LogP contribution in [0.1, 0.15) is 39.2 Å². The van der Waals surface area contributed by atoms with E-state index in [9.17, 15) is 4.79 Å². The number of rotatable bonds is 7. The Morgan fingerprint density at radius 3 is 2.75 bits per heavy atom. The maximum atomic E-state index is 11.7. The molecule has 0 aliphatic rings. The van der Waals surface area contributed by atoms with Crippen molar-refractivity contribution in [1.29, 1.82) is 0 Å². The number of carbonyl (C=O) groups excluding carboxylic acids is 1. The van der Waals surface area contributed by atoms with Crippen molar-refractivity contribution in [2.75, 3.05) is 6.54 Å². The van der Waals surface area contributed by atoms with Crippen LogP contribution in [0, 0.1) is 0 Å². The topological polar surface area (TPSA) is 42.0 Å². The van der Waals surface area contributed by atoms with Gasteiger partial charge < -0.3 is 5.32 Å². The fourth-order valence-corrected chi connectivity index (χ4v) is 1.78. The molecule has 0 aliphatic carbocycles. The lowest BCUT2D eigenvalue weighted by molar-refractivity contribution is -0.120. The molecule has 1 heterocycles. The predicted molar refractivity (Wildman–Crippen MR) is 83.4 cm³/mol. The summed E-state index contributed by atoms with van der Waals surface area (Å²) in [7, 11) is 0. The summed E-state index contributed by atoms with van der Waals surface area (Å²) in [5, 5.41) is 2.90. The van der Waals surface area contributed by atoms with Crippen LogP contribution in [0.5, 0.6) is 0 Å². The molecule has 0 fully saturated rings. The van der Waals surface area contributed by atoms with E-state index in [1.54, 1.807) is 12.4 Å². The smallest absolute Gasteiger partial charge is 0.224 e. The molecule has 0 aromatic carbocycles. The molecule has 1 rings (SSSR count). The van der Waals surface area contributed by atoms with Gasteiger partial charge in [-0.05, 0) is 45.2 Å². The van der Waals surface area contributed by atoms with E-state index in [1.807, 2.05) is 12.1 Å². The SMILES string of the molecule is CC(C)=CCCC(C)=CCNC(=O)Cc1cccnc1. The predicted octanol–water partition coefficient (Wildman–Crippen LogP) is 3.43. The lowest BCUT2D eigenvalue weighted by Gasteiger charge is -2.03. The van der Waals surface area contributed by atoms with Gasteiger partial charge in [0.15, 0.2) is 0 Å². The van der Waals surface area contributed by atoms with Crippen LogP contribution in [0.3, 0.4) is 0 Å². The Morgan fingerprint density at radius 1 is 1.30 bits per heavy atom. The van der Waals surface area contributed by atoms with Gasteiger partial charge in [0.1, 0.15) is 0 Å². The van der Waals surface area contributed by atoms with Crippen LogP contribution < -0.4 is 5.32 Å². The maximum Gasteiger partial charge on any atom is 0.224 e. The van der Waals surface area contributed by atoms with E-state index in [4.69, 9.17) is 0 Å². The van der Waals surface area contributed by atoms with Gasteiger partial charge in [0.25, 0.3) is 0 Å². The molecule has 1 aromatic heterocycles. The molecule has 0 bridgehead atoms. The third-order valence-corrected chi connectivity index (χ3v) is 2.93.